The summed E-state index contributed by atoms with van der Waals surface area (Å²) in [4.78, 5) is 10.9. The highest BCUT2D eigenvalue weighted by Crippen LogP contribution is 2.30. The molecule has 0 saturated carbocycles. The zero-order valence-corrected chi connectivity index (χ0v) is 15.7. The summed E-state index contributed by atoms with van der Waals surface area (Å²) in [6, 6.07) is 1.93. The first-order valence-electron chi connectivity index (χ1n) is 7.63. The van der Waals surface area contributed by atoms with E-state index >= 15 is 0 Å². The molecule has 1 rings (SSSR count). The van der Waals surface area contributed by atoms with Crippen LogP contribution in [-0.2, 0) is 4.74 Å². The van der Waals surface area contributed by atoms with Gasteiger partial charge in [-0.1, -0.05) is 6.92 Å². The molecule has 0 fully saturated rings. The number of hydrogen-bond donors (Lipinski definition) is 0. The third-order valence-corrected chi connectivity index (χ3v) is 3.58. The molecule has 124 valence electrons. The number of pyridine rings is 1. The Balaban J connectivity index is 2.74. The maximum atomic E-state index is 5.83. The topological polar surface area (TPSA) is 47.0 Å². The Hall–Kier alpha value is -1.14. The molecule has 1 aromatic heterocycles. The summed E-state index contributed by atoms with van der Waals surface area (Å²) in [6.45, 7) is 10.3. The minimum atomic E-state index is -0.0460. The quantitative estimate of drug-likeness (QED) is 0.374. The molecular weight excluding hydrogens is 346 g/mol. The Kier molecular flexibility index (Phi) is 8.42. The molecule has 1 atom stereocenters. The number of halogens is 1. The van der Waals surface area contributed by atoms with Crippen molar-refractivity contribution in [1.82, 2.24) is 9.88 Å². The van der Waals surface area contributed by atoms with E-state index in [1.165, 1.54) is 0 Å². The van der Waals surface area contributed by atoms with Crippen LogP contribution in [0.15, 0.2) is 15.5 Å². The largest absolute Gasteiger partial charge is 0.471 e. The van der Waals surface area contributed by atoms with Crippen LogP contribution in [0.25, 0.3) is 0 Å². The third kappa shape index (κ3) is 6.32. The first-order valence-corrected chi connectivity index (χ1v) is 8.43. The van der Waals surface area contributed by atoms with E-state index in [0.717, 1.165) is 35.4 Å². The fourth-order valence-corrected chi connectivity index (χ4v) is 2.02. The van der Waals surface area contributed by atoms with Crippen molar-refractivity contribution < 1.29 is 9.47 Å². The normalized spacial score (nSPS) is 12.6. The summed E-state index contributed by atoms with van der Waals surface area (Å²) in [7, 11) is 1.98. The van der Waals surface area contributed by atoms with E-state index in [1.807, 2.05) is 31.9 Å². The average molecular weight is 372 g/mol. The number of ether oxygens (including phenoxy) is 2. The van der Waals surface area contributed by atoms with Gasteiger partial charge in [-0.2, -0.15) is 0 Å². The Morgan fingerprint density at radius 1 is 1.45 bits per heavy atom. The van der Waals surface area contributed by atoms with Crippen LogP contribution >= 0.6 is 15.9 Å². The van der Waals surface area contributed by atoms with Crippen molar-refractivity contribution in [2.75, 3.05) is 26.8 Å². The molecule has 5 nitrogen and oxygen atoms in total. The van der Waals surface area contributed by atoms with Crippen LogP contribution in [0, 0.1) is 6.92 Å². The van der Waals surface area contributed by atoms with Gasteiger partial charge in [0.15, 0.2) is 0 Å². The zero-order valence-electron chi connectivity index (χ0n) is 14.1. The smallest absolute Gasteiger partial charge is 0.228 e. The van der Waals surface area contributed by atoms with Gasteiger partial charge in [0.1, 0.15) is 6.10 Å². The summed E-state index contributed by atoms with van der Waals surface area (Å²) in [5.41, 5.74) is 1.66. The molecule has 22 heavy (non-hydrogen) atoms. The van der Waals surface area contributed by atoms with Gasteiger partial charge in [-0.05, 0) is 49.2 Å². The predicted molar refractivity (Wildman–Crippen MR) is 94.3 cm³/mol. The lowest BCUT2D eigenvalue weighted by molar-refractivity contribution is 0.0563. The molecule has 1 heterocycles. The van der Waals surface area contributed by atoms with Crippen LogP contribution in [-0.4, -0.2) is 49.1 Å². The lowest BCUT2D eigenvalue weighted by Gasteiger charge is -2.16. The molecule has 0 amide bonds. The molecule has 0 aliphatic carbocycles. The SMILES string of the molecule is CCCOC[C@H](C)Oc1nc(C)c(N=CN(C)CC)cc1Br. The maximum Gasteiger partial charge on any atom is 0.228 e. The number of nitrogens with zero attached hydrogens (tertiary/aromatic N) is 3. The Morgan fingerprint density at radius 3 is 2.82 bits per heavy atom. The van der Waals surface area contributed by atoms with Gasteiger partial charge in [0.2, 0.25) is 5.88 Å². The van der Waals surface area contributed by atoms with E-state index in [4.69, 9.17) is 9.47 Å². The fraction of sp³-hybridized carbons (Fsp3) is 0.625. The van der Waals surface area contributed by atoms with E-state index in [9.17, 15) is 0 Å². The van der Waals surface area contributed by atoms with Gasteiger partial charge >= 0.3 is 0 Å². The molecule has 0 unspecified atom stereocenters. The van der Waals surface area contributed by atoms with Crippen molar-refractivity contribution in [2.24, 2.45) is 4.99 Å². The zero-order chi connectivity index (χ0) is 16.5. The number of aromatic nitrogens is 1. The molecule has 0 aromatic carbocycles. The van der Waals surface area contributed by atoms with Gasteiger partial charge in [0.25, 0.3) is 0 Å². The van der Waals surface area contributed by atoms with Crippen molar-refractivity contribution in [3.05, 3.63) is 16.2 Å². The number of rotatable bonds is 9. The Morgan fingerprint density at radius 2 is 2.18 bits per heavy atom. The summed E-state index contributed by atoms with van der Waals surface area (Å²) in [5, 5.41) is 0. The lowest BCUT2D eigenvalue weighted by atomic mass is 10.3. The number of hydrogen-bond acceptors (Lipinski definition) is 4. The van der Waals surface area contributed by atoms with Gasteiger partial charge in [0.05, 0.1) is 28.8 Å². The molecule has 0 N–H and O–H groups in total. The highest BCUT2D eigenvalue weighted by Gasteiger charge is 2.12. The highest BCUT2D eigenvalue weighted by atomic mass is 79.9. The first-order chi connectivity index (χ1) is 10.5. The monoisotopic (exact) mass is 371 g/mol. The van der Waals surface area contributed by atoms with Crippen molar-refractivity contribution in [2.45, 2.75) is 40.2 Å². The average Bonchev–Trinajstić information content (AvgIpc) is 2.49. The lowest BCUT2D eigenvalue weighted by Crippen LogP contribution is -2.20. The molecule has 0 aliphatic heterocycles. The van der Waals surface area contributed by atoms with Crippen molar-refractivity contribution >= 4 is 28.0 Å². The van der Waals surface area contributed by atoms with Crippen LogP contribution in [0.5, 0.6) is 5.88 Å². The van der Waals surface area contributed by atoms with Crippen LogP contribution in [0.4, 0.5) is 5.69 Å². The number of aryl methyl sites for hydroxylation is 1. The Labute approximate surface area is 141 Å². The van der Waals surface area contributed by atoms with Crippen molar-refractivity contribution in [3.8, 4) is 5.88 Å². The third-order valence-electron chi connectivity index (χ3n) is 3.01. The van der Waals surface area contributed by atoms with Gasteiger partial charge in [-0.3, -0.25) is 0 Å². The molecule has 0 aliphatic rings. The van der Waals surface area contributed by atoms with Crippen LogP contribution < -0.4 is 4.74 Å². The van der Waals surface area contributed by atoms with E-state index in [-0.39, 0.29) is 6.10 Å². The molecule has 0 spiro atoms. The van der Waals surface area contributed by atoms with Gasteiger partial charge in [-0.25, -0.2) is 9.98 Å². The molecule has 6 heteroatoms. The highest BCUT2D eigenvalue weighted by molar-refractivity contribution is 9.10. The van der Waals surface area contributed by atoms with Gasteiger partial charge < -0.3 is 14.4 Å². The minimum absolute atomic E-state index is 0.0460. The van der Waals surface area contributed by atoms with Gasteiger partial charge in [-0.15, -0.1) is 0 Å². The molecular formula is C16H26BrN3O2. The van der Waals surface area contributed by atoms with Crippen molar-refractivity contribution in [1.29, 1.82) is 0 Å². The van der Waals surface area contributed by atoms with Crippen LogP contribution in [0.1, 0.15) is 32.9 Å². The second kappa shape index (κ2) is 9.79. The van der Waals surface area contributed by atoms with E-state index in [0.29, 0.717) is 12.5 Å². The minimum Gasteiger partial charge on any atom is -0.471 e. The Bertz CT molecular complexity index is 495. The predicted octanol–water partition coefficient (Wildman–Crippen LogP) is 3.96. The summed E-state index contributed by atoms with van der Waals surface area (Å²) in [6.07, 6.45) is 2.76. The molecule has 0 radical (unpaired) electrons. The molecule has 0 bridgehead atoms. The molecule has 1 aromatic rings. The standard InChI is InChI=1S/C16H26BrN3O2/c1-6-8-21-10-12(3)22-16-14(17)9-15(13(4)19-16)18-11-20(5)7-2/h9,11-12H,6-8,10H2,1-5H3/t12-/m0/s1. The maximum absolute atomic E-state index is 5.83. The molecule has 0 saturated heterocycles. The fourth-order valence-electron chi connectivity index (χ4n) is 1.62. The second-order valence-corrected chi connectivity index (χ2v) is 6.06. The number of aliphatic imine (C=N–C) groups is 1. The van der Waals surface area contributed by atoms with E-state index in [2.05, 4.69) is 39.8 Å². The second-order valence-electron chi connectivity index (χ2n) is 5.20. The van der Waals surface area contributed by atoms with Crippen LogP contribution in [0.2, 0.25) is 0 Å². The first kappa shape index (κ1) is 18.9. The summed E-state index contributed by atoms with van der Waals surface area (Å²) < 4.78 is 12.1. The summed E-state index contributed by atoms with van der Waals surface area (Å²) in [5.74, 6) is 0.577. The van der Waals surface area contributed by atoms with E-state index < -0.39 is 0 Å². The van der Waals surface area contributed by atoms with E-state index in [1.54, 1.807) is 6.34 Å². The van der Waals surface area contributed by atoms with Gasteiger partial charge in [0, 0.05) is 20.2 Å². The van der Waals surface area contributed by atoms with Crippen LogP contribution in [0.3, 0.4) is 0 Å². The summed E-state index contributed by atoms with van der Waals surface area (Å²) >= 11 is 3.50. The van der Waals surface area contributed by atoms with Crippen molar-refractivity contribution in [3.63, 3.8) is 0 Å².